The number of rotatable bonds is 8. The lowest BCUT2D eigenvalue weighted by Crippen LogP contribution is -2.42. The third-order valence-electron chi connectivity index (χ3n) is 8.47. The summed E-state index contributed by atoms with van der Waals surface area (Å²) in [6, 6.07) is 36.1. The molecule has 3 atom stereocenters. The molecule has 5 heteroatoms. The van der Waals surface area contributed by atoms with Gasteiger partial charge in [0.05, 0.1) is 5.69 Å². The van der Waals surface area contributed by atoms with E-state index in [4.69, 9.17) is 5.73 Å². The van der Waals surface area contributed by atoms with E-state index >= 15 is 0 Å². The van der Waals surface area contributed by atoms with Gasteiger partial charge in [0.2, 0.25) is 11.8 Å². The summed E-state index contributed by atoms with van der Waals surface area (Å²) in [5.74, 6) is -0.736. The second-order valence-corrected chi connectivity index (χ2v) is 11.1. The van der Waals surface area contributed by atoms with Crippen molar-refractivity contribution in [1.29, 1.82) is 0 Å². The molecular formula is C36H35N3O2. The van der Waals surface area contributed by atoms with Gasteiger partial charge in [-0.25, -0.2) is 0 Å². The number of nitrogens with two attached hydrogens (primary N) is 1. The van der Waals surface area contributed by atoms with Gasteiger partial charge in [-0.3, -0.25) is 9.59 Å². The predicted octanol–water partition coefficient (Wildman–Crippen LogP) is 7.04. The zero-order valence-electron chi connectivity index (χ0n) is 23.1. The number of primary amides is 1. The molecule has 0 bridgehead atoms. The van der Waals surface area contributed by atoms with Gasteiger partial charge in [0.25, 0.3) is 0 Å². The number of hydrogen-bond donors (Lipinski definition) is 3. The SMILES string of the molecule is NC(=O)C(NC(=O)[C@H]1CCCC[C@@H]1c1ccc(Cc2c(-c3ccccc3)[nH]c3ccccc23)cc1)c1ccccc1. The van der Waals surface area contributed by atoms with Gasteiger partial charge in [-0.2, -0.15) is 0 Å². The monoisotopic (exact) mass is 541 g/mol. The highest BCUT2D eigenvalue weighted by Gasteiger charge is 2.34. The third kappa shape index (κ3) is 5.66. The molecule has 0 radical (unpaired) electrons. The number of amides is 2. The molecule has 2 amide bonds. The number of H-pyrrole nitrogens is 1. The van der Waals surface area contributed by atoms with E-state index in [-0.39, 0.29) is 17.7 Å². The number of aromatic amines is 1. The van der Waals surface area contributed by atoms with Crippen LogP contribution >= 0.6 is 0 Å². The minimum absolute atomic E-state index is 0.0993. The van der Waals surface area contributed by atoms with Crippen molar-refractivity contribution in [3.8, 4) is 11.3 Å². The van der Waals surface area contributed by atoms with Crippen LogP contribution in [0.15, 0.2) is 109 Å². The summed E-state index contributed by atoms with van der Waals surface area (Å²) >= 11 is 0. The fourth-order valence-corrected chi connectivity index (χ4v) is 6.38. The van der Waals surface area contributed by atoms with Gasteiger partial charge in [-0.15, -0.1) is 0 Å². The highest BCUT2D eigenvalue weighted by atomic mass is 16.2. The Bertz CT molecular complexity index is 1640. The number of fused-ring (bicyclic) bond motifs is 1. The van der Waals surface area contributed by atoms with Crippen LogP contribution in [0.25, 0.3) is 22.2 Å². The molecule has 6 rings (SSSR count). The lowest BCUT2D eigenvalue weighted by atomic mass is 9.74. The molecule has 1 aromatic heterocycles. The smallest absolute Gasteiger partial charge is 0.244 e. The van der Waals surface area contributed by atoms with Crippen molar-refractivity contribution in [1.82, 2.24) is 10.3 Å². The first-order valence-corrected chi connectivity index (χ1v) is 14.5. The molecule has 0 aliphatic heterocycles. The number of carbonyl (C=O) groups is 2. The third-order valence-corrected chi connectivity index (χ3v) is 8.47. The number of hydrogen-bond acceptors (Lipinski definition) is 2. The first kappa shape index (κ1) is 26.6. The Morgan fingerprint density at radius 1 is 0.805 bits per heavy atom. The van der Waals surface area contributed by atoms with Crippen molar-refractivity contribution in [3.05, 3.63) is 131 Å². The summed E-state index contributed by atoms with van der Waals surface area (Å²) < 4.78 is 0. The summed E-state index contributed by atoms with van der Waals surface area (Å²) in [4.78, 5) is 29.4. The quantitative estimate of drug-likeness (QED) is 0.197. The second-order valence-electron chi connectivity index (χ2n) is 11.1. The summed E-state index contributed by atoms with van der Waals surface area (Å²) in [7, 11) is 0. The largest absolute Gasteiger partial charge is 0.368 e. The Morgan fingerprint density at radius 3 is 2.20 bits per heavy atom. The molecule has 5 aromatic rings. The van der Waals surface area contributed by atoms with Gasteiger partial charge in [0.15, 0.2) is 0 Å². The van der Waals surface area contributed by atoms with Crippen LogP contribution in [0.3, 0.4) is 0 Å². The fraction of sp³-hybridized carbons (Fsp3) is 0.222. The molecule has 1 heterocycles. The van der Waals surface area contributed by atoms with Gasteiger partial charge in [-0.05, 0) is 52.6 Å². The van der Waals surface area contributed by atoms with E-state index in [1.54, 1.807) is 0 Å². The van der Waals surface area contributed by atoms with Crippen LogP contribution in [0.1, 0.15) is 59.9 Å². The number of carbonyl (C=O) groups excluding carboxylic acids is 2. The molecule has 0 saturated heterocycles. The van der Waals surface area contributed by atoms with Crippen molar-refractivity contribution in [2.24, 2.45) is 11.7 Å². The van der Waals surface area contributed by atoms with Crippen molar-refractivity contribution < 1.29 is 9.59 Å². The summed E-state index contributed by atoms with van der Waals surface area (Å²) in [5, 5.41) is 4.20. The zero-order chi connectivity index (χ0) is 28.2. The van der Waals surface area contributed by atoms with Crippen LogP contribution in [-0.2, 0) is 16.0 Å². The highest BCUT2D eigenvalue weighted by Crippen LogP contribution is 2.39. The van der Waals surface area contributed by atoms with E-state index in [1.165, 1.54) is 27.6 Å². The van der Waals surface area contributed by atoms with E-state index < -0.39 is 11.9 Å². The Hall–Kier alpha value is -4.64. The minimum atomic E-state index is -0.830. The molecule has 41 heavy (non-hydrogen) atoms. The summed E-state index contributed by atoms with van der Waals surface area (Å²) in [6.45, 7) is 0. The number of para-hydroxylation sites is 1. The Morgan fingerprint density at radius 2 is 1.46 bits per heavy atom. The van der Waals surface area contributed by atoms with Crippen LogP contribution in [0.5, 0.6) is 0 Å². The second kappa shape index (κ2) is 11.8. The van der Waals surface area contributed by atoms with Crippen LogP contribution in [0.4, 0.5) is 0 Å². The summed E-state index contributed by atoms with van der Waals surface area (Å²) in [5.41, 5.74) is 13.6. The van der Waals surface area contributed by atoms with E-state index in [9.17, 15) is 9.59 Å². The topological polar surface area (TPSA) is 88.0 Å². The molecule has 1 saturated carbocycles. The van der Waals surface area contributed by atoms with Gasteiger partial charge in [0.1, 0.15) is 6.04 Å². The van der Waals surface area contributed by atoms with Gasteiger partial charge < -0.3 is 16.0 Å². The van der Waals surface area contributed by atoms with Crippen LogP contribution in [0, 0.1) is 5.92 Å². The van der Waals surface area contributed by atoms with Crippen molar-refractivity contribution in [2.75, 3.05) is 0 Å². The molecule has 4 N–H and O–H groups in total. The zero-order valence-corrected chi connectivity index (χ0v) is 23.1. The van der Waals surface area contributed by atoms with E-state index in [0.717, 1.165) is 43.3 Å². The normalized spacial score (nSPS) is 17.7. The molecule has 1 aliphatic carbocycles. The molecule has 206 valence electrons. The average Bonchev–Trinajstić information content (AvgIpc) is 3.39. The maximum Gasteiger partial charge on any atom is 0.244 e. The van der Waals surface area contributed by atoms with Crippen LogP contribution in [0.2, 0.25) is 0 Å². The Labute approximate surface area is 240 Å². The van der Waals surface area contributed by atoms with Crippen LogP contribution < -0.4 is 11.1 Å². The molecule has 5 nitrogen and oxygen atoms in total. The standard InChI is InChI=1S/C36H35N3O2/c37-35(40)34(27-13-5-2-6-14-27)39-36(41)30-17-8-7-15-28(30)25-21-19-24(20-22-25)23-31-29-16-9-10-18-32(29)38-33(31)26-11-3-1-4-12-26/h1-6,9-14,16,18-22,28,30,34,38H,7-8,15,17,23H2,(H2,37,40)(H,39,41)/t28-,30+,34?/m1/s1. The average molecular weight is 542 g/mol. The lowest BCUT2D eigenvalue weighted by molar-refractivity contribution is -0.131. The van der Waals surface area contributed by atoms with Crippen molar-refractivity contribution >= 4 is 22.7 Å². The molecule has 0 spiro atoms. The number of nitrogens with one attached hydrogen (secondary N) is 2. The Kier molecular flexibility index (Phi) is 7.68. The molecule has 1 unspecified atom stereocenters. The van der Waals surface area contributed by atoms with Crippen molar-refractivity contribution in [3.63, 3.8) is 0 Å². The fourth-order valence-electron chi connectivity index (χ4n) is 6.38. The van der Waals surface area contributed by atoms with Gasteiger partial charge in [0, 0.05) is 23.2 Å². The maximum atomic E-state index is 13.5. The van der Waals surface area contributed by atoms with Gasteiger partial charge in [-0.1, -0.05) is 116 Å². The number of benzene rings is 4. The Balaban J connectivity index is 1.23. The van der Waals surface area contributed by atoms with E-state index in [1.807, 2.05) is 36.4 Å². The van der Waals surface area contributed by atoms with Crippen LogP contribution in [-0.4, -0.2) is 16.8 Å². The molecular weight excluding hydrogens is 506 g/mol. The summed E-state index contributed by atoms with van der Waals surface area (Å²) in [6.07, 6.45) is 4.64. The first-order valence-electron chi connectivity index (χ1n) is 14.5. The lowest BCUT2D eigenvalue weighted by Gasteiger charge is -2.32. The molecule has 1 fully saturated rings. The predicted molar refractivity (Wildman–Crippen MR) is 164 cm³/mol. The van der Waals surface area contributed by atoms with Crippen molar-refractivity contribution in [2.45, 2.75) is 44.1 Å². The highest BCUT2D eigenvalue weighted by molar-refractivity contribution is 5.91. The molecule has 1 aliphatic rings. The van der Waals surface area contributed by atoms with E-state index in [2.05, 4.69) is 83.1 Å². The molecule has 4 aromatic carbocycles. The first-order chi connectivity index (χ1) is 20.1. The van der Waals surface area contributed by atoms with E-state index in [0.29, 0.717) is 5.56 Å². The minimum Gasteiger partial charge on any atom is -0.368 e. The number of aromatic nitrogens is 1. The maximum absolute atomic E-state index is 13.5. The van der Waals surface area contributed by atoms with Gasteiger partial charge >= 0.3 is 0 Å².